The van der Waals surface area contributed by atoms with Crippen LogP contribution < -0.4 is 5.32 Å². The van der Waals surface area contributed by atoms with Crippen LogP contribution in [0.1, 0.15) is 16.8 Å². The number of benzene rings is 1. The average molecular weight is 215 g/mol. The number of rotatable bonds is 3. The Morgan fingerprint density at radius 3 is 2.81 bits per heavy atom. The Kier molecular flexibility index (Phi) is 3.06. The van der Waals surface area contributed by atoms with Crippen LogP contribution in [0.15, 0.2) is 24.4 Å². The number of hydrogen-bond donors (Lipinski definition) is 2. The zero-order valence-electron chi connectivity index (χ0n) is 9.96. The lowest BCUT2D eigenvalue weighted by molar-refractivity contribution is 0.785. The second kappa shape index (κ2) is 4.49. The van der Waals surface area contributed by atoms with Crippen molar-refractivity contribution in [2.75, 3.05) is 7.05 Å². The summed E-state index contributed by atoms with van der Waals surface area (Å²) in [4.78, 5) is 0. The maximum Gasteiger partial charge on any atom is 0.0569 e. The van der Waals surface area contributed by atoms with Gasteiger partial charge in [0.15, 0.2) is 0 Å². The van der Waals surface area contributed by atoms with E-state index < -0.39 is 0 Å². The second-order valence-corrected chi connectivity index (χ2v) is 4.11. The largest absolute Gasteiger partial charge is 0.314 e. The van der Waals surface area contributed by atoms with Gasteiger partial charge in [0.05, 0.1) is 11.9 Å². The van der Waals surface area contributed by atoms with Gasteiger partial charge in [-0.05, 0) is 32.0 Å². The molecule has 0 aliphatic heterocycles. The summed E-state index contributed by atoms with van der Waals surface area (Å²) >= 11 is 0. The molecule has 2 rings (SSSR count). The van der Waals surface area contributed by atoms with Gasteiger partial charge in [-0.3, -0.25) is 5.10 Å². The van der Waals surface area contributed by atoms with Crippen molar-refractivity contribution in [3.05, 3.63) is 41.2 Å². The summed E-state index contributed by atoms with van der Waals surface area (Å²) in [5.41, 5.74) is 6.15. The maximum absolute atomic E-state index is 4.12. The summed E-state index contributed by atoms with van der Waals surface area (Å²) in [5, 5.41) is 10.3. The van der Waals surface area contributed by atoms with Gasteiger partial charge in [0.2, 0.25) is 0 Å². The highest BCUT2D eigenvalue weighted by molar-refractivity contribution is 5.69. The zero-order valence-corrected chi connectivity index (χ0v) is 9.96. The zero-order chi connectivity index (χ0) is 11.5. The lowest BCUT2D eigenvalue weighted by Gasteiger charge is -2.07. The minimum absolute atomic E-state index is 0.808. The van der Waals surface area contributed by atoms with Crippen LogP contribution in [0.5, 0.6) is 0 Å². The fourth-order valence-electron chi connectivity index (χ4n) is 1.88. The van der Waals surface area contributed by atoms with E-state index in [0.717, 1.165) is 12.2 Å². The summed E-state index contributed by atoms with van der Waals surface area (Å²) < 4.78 is 0. The summed E-state index contributed by atoms with van der Waals surface area (Å²) in [6.45, 7) is 5.05. The van der Waals surface area contributed by atoms with Crippen molar-refractivity contribution < 1.29 is 0 Å². The third-order valence-electron chi connectivity index (χ3n) is 2.76. The molecule has 0 fully saturated rings. The van der Waals surface area contributed by atoms with Crippen molar-refractivity contribution in [2.45, 2.75) is 20.4 Å². The van der Waals surface area contributed by atoms with Gasteiger partial charge in [0, 0.05) is 12.1 Å². The third-order valence-corrected chi connectivity index (χ3v) is 2.76. The molecule has 0 saturated heterocycles. The summed E-state index contributed by atoms with van der Waals surface area (Å²) in [6, 6.07) is 6.50. The maximum atomic E-state index is 4.12. The SMILES string of the molecule is CNCc1[nH]ncc1-c1cc(C)ccc1C. The summed E-state index contributed by atoms with van der Waals surface area (Å²) in [6.07, 6.45) is 1.90. The van der Waals surface area contributed by atoms with E-state index in [4.69, 9.17) is 0 Å². The number of aromatic amines is 1. The molecule has 0 spiro atoms. The van der Waals surface area contributed by atoms with Gasteiger partial charge in [-0.1, -0.05) is 23.8 Å². The molecule has 3 nitrogen and oxygen atoms in total. The third kappa shape index (κ3) is 1.99. The van der Waals surface area contributed by atoms with Crippen LogP contribution in [0, 0.1) is 13.8 Å². The summed E-state index contributed by atoms with van der Waals surface area (Å²) in [7, 11) is 1.94. The molecule has 0 atom stereocenters. The Bertz CT molecular complexity index is 486. The summed E-state index contributed by atoms with van der Waals surface area (Å²) in [5.74, 6) is 0. The van der Waals surface area contributed by atoms with E-state index in [0.29, 0.717) is 0 Å². The first-order chi connectivity index (χ1) is 7.72. The number of nitrogens with zero attached hydrogens (tertiary/aromatic N) is 1. The predicted octanol–water partition coefficient (Wildman–Crippen LogP) is 2.41. The second-order valence-electron chi connectivity index (χ2n) is 4.11. The number of nitrogens with one attached hydrogen (secondary N) is 2. The number of hydrogen-bond acceptors (Lipinski definition) is 2. The molecular formula is C13H17N3. The van der Waals surface area contributed by atoms with E-state index in [2.05, 4.69) is 47.6 Å². The molecule has 1 aromatic carbocycles. The fourth-order valence-corrected chi connectivity index (χ4v) is 1.88. The quantitative estimate of drug-likeness (QED) is 0.825. The Morgan fingerprint density at radius 2 is 2.06 bits per heavy atom. The highest BCUT2D eigenvalue weighted by atomic mass is 15.1. The molecule has 84 valence electrons. The van der Waals surface area contributed by atoms with Crippen molar-refractivity contribution >= 4 is 0 Å². The van der Waals surface area contributed by atoms with Crippen LogP contribution in [0.3, 0.4) is 0 Å². The molecule has 0 bridgehead atoms. The van der Waals surface area contributed by atoms with Crippen molar-refractivity contribution in [1.29, 1.82) is 0 Å². The molecule has 0 aliphatic rings. The van der Waals surface area contributed by atoms with Gasteiger partial charge in [0.25, 0.3) is 0 Å². The van der Waals surface area contributed by atoms with Crippen molar-refractivity contribution in [2.24, 2.45) is 0 Å². The van der Waals surface area contributed by atoms with E-state index in [1.807, 2.05) is 13.2 Å². The van der Waals surface area contributed by atoms with Gasteiger partial charge >= 0.3 is 0 Å². The first-order valence-corrected chi connectivity index (χ1v) is 5.47. The Labute approximate surface area is 95.9 Å². The van der Waals surface area contributed by atoms with Crippen molar-refractivity contribution in [1.82, 2.24) is 15.5 Å². The smallest absolute Gasteiger partial charge is 0.0569 e. The number of aromatic nitrogens is 2. The molecule has 2 aromatic rings. The highest BCUT2D eigenvalue weighted by Gasteiger charge is 2.09. The first-order valence-electron chi connectivity index (χ1n) is 5.47. The van der Waals surface area contributed by atoms with Crippen molar-refractivity contribution in [3.63, 3.8) is 0 Å². The molecule has 3 heteroatoms. The molecule has 1 aromatic heterocycles. The van der Waals surface area contributed by atoms with E-state index >= 15 is 0 Å². The molecule has 1 heterocycles. The van der Waals surface area contributed by atoms with Crippen LogP contribution in [0.4, 0.5) is 0 Å². The van der Waals surface area contributed by atoms with Gasteiger partial charge < -0.3 is 5.32 Å². The average Bonchev–Trinajstić information content (AvgIpc) is 2.70. The van der Waals surface area contributed by atoms with Crippen LogP contribution in [0.2, 0.25) is 0 Å². The van der Waals surface area contributed by atoms with E-state index in [9.17, 15) is 0 Å². The Morgan fingerprint density at radius 1 is 1.25 bits per heavy atom. The van der Waals surface area contributed by atoms with Gasteiger partial charge in [0.1, 0.15) is 0 Å². The monoisotopic (exact) mass is 215 g/mol. The molecule has 0 radical (unpaired) electrons. The van der Waals surface area contributed by atoms with Crippen LogP contribution in [-0.4, -0.2) is 17.2 Å². The van der Waals surface area contributed by atoms with Crippen LogP contribution >= 0.6 is 0 Å². The first kappa shape index (κ1) is 10.9. The molecule has 16 heavy (non-hydrogen) atoms. The van der Waals surface area contributed by atoms with Gasteiger partial charge in [-0.2, -0.15) is 5.10 Å². The Hall–Kier alpha value is -1.61. The normalized spacial score (nSPS) is 10.7. The number of aryl methyl sites for hydroxylation is 2. The highest BCUT2D eigenvalue weighted by Crippen LogP contribution is 2.26. The molecule has 0 saturated carbocycles. The van der Waals surface area contributed by atoms with Gasteiger partial charge in [-0.15, -0.1) is 0 Å². The van der Waals surface area contributed by atoms with E-state index in [-0.39, 0.29) is 0 Å². The number of H-pyrrole nitrogens is 1. The van der Waals surface area contributed by atoms with Gasteiger partial charge in [-0.25, -0.2) is 0 Å². The standard InChI is InChI=1S/C13H17N3/c1-9-4-5-10(2)11(6-9)12-7-15-16-13(12)8-14-3/h4-7,14H,8H2,1-3H3,(H,15,16). The topological polar surface area (TPSA) is 40.7 Å². The predicted molar refractivity (Wildman–Crippen MR) is 66.3 cm³/mol. The molecule has 0 aliphatic carbocycles. The molecular weight excluding hydrogens is 198 g/mol. The lowest BCUT2D eigenvalue weighted by Crippen LogP contribution is -2.06. The van der Waals surface area contributed by atoms with E-state index in [1.165, 1.54) is 22.3 Å². The van der Waals surface area contributed by atoms with Crippen LogP contribution in [-0.2, 0) is 6.54 Å². The minimum Gasteiger partial charge on any atom is -0.314 e. The molecule has 0 amide bonds. The van der Waals surface area contributed by atoms with Crippen molar-refractivity contribution in [3.8, 4) is 11.1 Å². The molecule has 0 unspecified atom stereocenters. The fraction of sp³-hybridized carbons (Fsp3) is 0.308. The lowest BCUT2D eigenvalue weighted by atomic mass is 9.99. The molecule has 2 N–H and O–H groups in total. The van der Waals surface area contributed by atoms with Crippen LogP contribution in [0.25, 0.3) is 11.1 Å². The minimum atomic E-state index is 0.808. The van der Waals surface area contributed by atoms with E-state index in [1.54, 1.807) is 0 Å². The Balaban J connectivity index is 2.49.